The predicted octanol–water partition coefficient (Wildman–Crippen LogP) is 4.25. The summed E-state index contributed by atoms with van der Waals surface area (Å²) >= 11 is 3.28. The zero-order valence-electron chi connectivity index (χ0n) is 10.9. The molecular formula is C15H15BrFN3. The van der Waals surface area contributed by atoms with Crippen molar-refractivity contribution in [1.82, 2.24) is 9.55 Å². The van der Waals surface area contributed by atoms with Crippen molar-refractivity contribution in [2.75, 3.05) is 5.73 Å². The summed E-state index contributed by atoms with van der Waals surface area (Å²) in [6.07, 6.45) is 4.65. The van der Waals surface area contributed by atoms with Crippen LogP contribution >= 0.6 is 15.9 Å². The molecule has 2 aliphatic rings. The molecule has 1 aromatic carbocycles. The van der Waals surface area contributed by atoms with Crippen LogP contribution in [0.5, 0.6) is 0 Å². The lowest BCUT2D eigenvalue weighted by Gasteiger charge is -2.07. The molecule has 0 unspecified atom stereocenters. The van der Waals surface area contributed by atoms with Crippen molar-refractivity contribution in [3.63, 3.8) is 0 Å². The van der Waals surface area contributed by atoms with Crippen LogP contribution in [0, 0.1) is 5.82 Å². The van der Waals surface area contributed by atoms with Crippen molar-refractivity contribution in [2.45, 2.75) is 37.6 Å². The van der Waals surface area contributed by atoms with Gasteiger partial charge in [-0.15, -0.1) is 0 Å². The average Bonchev–Trinajstić information content (AvgIpc) is 3.29. The molecule has 4 rings (SSSR count). The smallest absolute Gasteiger partial charge is 0.133 e. The number of nitrogens with two attached hydrogens (primary N) is 1. The molecule has 0 aliphatic heterocycles. The number of hydrogen-bond acceptors (Lipinski definition) is 2. The van der Waals surface area contributed by atoms with Gasteiger partial charge in [0.25, 0.3) is 0 Å². The first-order valence-corrected chi connectivity index (χ1v) is 7.77. The number of nitrogens with zero attached hydrogens (tertiary/aromatic N) is 2. The zero-order valence-corrected chi connectivity index (χ0v) is 12.5. The molecule has 0 amide bonds. The first-order chi connectivity index (χ1) is 9.65. The van der Waals surface area contributed by atoms with E-state index in [4.69, 9.17) is 5.73 Å². The molecule has 5 heteroatoms. The van der Waals surface area contributed by atoms with Crippen molar-refractivity contribution < 1.29 is 4.39 Å². The van der Waals surface area contributed by atoms with Crippen LogP contribution in [0.15, 0.2) is 22.7 Å². The first-order valence-electron chi connectivity index (χ1n) is 6.98. The van der Waals surface area contributed by atoms with Gasteiger partial charge in [-0.2, -0.15) is 0 Å². The highest BCUT2D eigenvalue weighted by Gasteiger charge is 2.36. The highest BCUT2D eigenvalue weighted by Crippen LogP contribution is 2.48. The SMILES string of the molecule is Nc1c(-c2ccc(Br)cc2F)nc(C2CC2)n1C1CC1. The Morgan fingerprint density at radius 3 is 2.60 bits per heavy atom. The number of halogens is 2. The van der Waals surface area contributed by atoms with Crippen molar-refractivity contribution in [3.05, 3.63) is 34.3 Å². The lowest BCUT2D eigenvalue weighted by molar-refractivity contribution is 0.630. The van der Waals surface area contributed by atoms with Crippen LogP contribution in [0.1, 0.15) is 43.5 Å². The van der Waals surface area contributed by atoms with Crippen LogP contribution in [0.2, 0.25) is 0 Å². The van der Waals surface area contributed by atoms with Crippen LogP contribution in [0.3, 0.4) is 0 Å². The van der Waals surface area contributed by atoms with Gasteiger partial charge < -0.3 is 10.3 Å². The summed E-state index contributed by atoms with van der Waals surface area (Å²) in [6.45, 7) is 0. The molecule has 0 atom stereocenters. The molecule has 2 aromatic rings. The predicted molar refractivity (Wildman–Crippen MR) is 80.0 cm³/mol. The zero-order chi connectivity index (χ0) is 13.9. The Hall–Kier alpha value is -1.36. The number of imidazole rings is 1. The van der Waals surface area contributed by atoms with Gasteiger partial charge in [-0.3, -0.25) is 0 Å². The third kappa shape index (κ3) is 1.95. The number of hydrogen-bond donors (Lipinski definition) is 1. The average molecular weight is 336 g/mol. The van der Waals surface area contributed by atoms with Crippen LogP contribution in [-0.4, -0.2) is 9.55 Å². The summed E-state index contributed by atoms with van der Waals surface area (Å²) in [5.41, 5.74) is 7.37. The molecular weight excluding hydrogens is 321 g/mol. The molecule has 1 aromatic heterocycles. The number of anilines is 1. The molecule has 2 N–H and O–H groups in total. The van der Waals surface area contributed by atoms with Gasteiger partial charge in [0.2, 0.25) is 0 Å². The second-order valence-corrected chi connectivity index (χ2v) is 6.62. The third-order valence-electron chi connectivity index (χ3n) is 4.02. The fourth-order valence-corrected chi connectivity index (χ4v) is 3.02. The van der Waals surface area contributed by atoms with E-state index < -0.39 is 0 Å². The summed E-state index contributed by atoms with van der Waals surface area (Å²) < 4.78 is 17.0. The quantitative estimate of drug-likeness (QED) is 0.911. The van der Waals surface area contributed by atoms with E-state index in [0.29, 0.717) is 29.0 Å². The lowest BCUT2D eigenvalue weighted by atomic mass is 10.1. The first kappa shape index (κ1) is 12.4. The van der Waals surface area contributed by atoms with E-state index in [0.717, 1.165) is 23.1 Å². The molecule has 0 saturated heterocycles. The van der Waals surface area contributed by atoms with Crippen LogP contribution in [-0.2, 0) is 0 Å². The maximum Gasteiger partial charge on any atom is 0.133 e. The van der Waals surface area contributed by atoms with Crippen LogP contribution in [0.25, 0.3) is 11.3 Å². The van der Waals surface area contributed by atoms with Gasteiger partial charge in [-0.05, 0) is 43.9 Å². The fourth-order valence-electron chi connectivity index (χ4n) is 2.69. The summed E-state index contributed by atoms with van der Waals surface area (Å²) in [4.78, 5) is 4.68. The van der Waals surface area contributed by atoms with Crippen LogP contribution < -0.4 is 5.73 Å². The molecule has 0 spiro atoms. The maximum absolute atomic E-state index is 14.2. The Morgan fingerprint density at radius 1 is 1.25 bits per heavy atom. The maximum atomic E-state index is 14.2. The minimum absolute atomic E-state index is 0.283. The lowest BCUT2D eigenvalue weighted by Crippen LogP contribution is -2.04. The Balaban J connectivity index is 1.87. The summed E-state index contributed by atoms with van der Waals surface area (Å²) in [5.74, 6) is 1.91. The minimum atomic E-state index is -0.283. The van der Waals surface area contributed by atoms with E-state index in [-0.39, 0.29) is 5.82 Å². The van der Waals surface area contributed by atoms with Gasteiger partial charge in [0.15, 0.2) is 0 Å². The van der Waals surface area contributed by atoms with E-state index in [1.807, 2.05) is 6.07 Å². The molecule has 0 bridgehead atoms. The molecule has 2 saturated carbocycles. The number of benzene rings is 1. The van der Waals surface area contributed by atoms with Gasteiger partial charge in [0, 0.05) is 22.0 Å². The van der Waals surface area contributed by atoms with E-state index in [9.17, 15) is 4.39 Å². The Morgan fingerprint density at radius 2 is 2.00 bits per heavy atom. The van der Waals surface area contributed by atoms with Gasteiger partial charge in [-0.1, -0.05) is 15.9 Å². The Bertz CT molecular complexity index is 687. The monoisotopic (exact) mass is 335 g/mol. The topological polar surface area (TPSA) is 43.8 Å². The normalized spacial score (nSPS) is 18.5. The molecule has 0 radical (unpaired) electrons. The number of nitrogen functional groups attached to an aromatic ring is 1. The second-order valence-electron chi connectivity index (χ2n) is 5.70. The van der Waals surface area contributed by atoms with Gasteiger partial charge in [-0.25, -0.2) is 9.37 Å². The number of aromatic nitrogens is 2. The van der Waals surface area contributed by atoms with Gasteiger partial charge in [0.1, 0.15) is 23.2 Å². The molecule has 2 aliphatic carbocycles. The highest BCUT2D eigenvalue weighted by atomic mass is 79.9. The van der Waals surface area contributed by atoms with Crippen LogP contribution in [0.4, 0.5) is 10.2 Å². The fraction of sp³-hybridized carbons (Fsp3) is 0.400. The van der Waals surface area contributed by atoms with Gasteiger partial charge >= 0.3 is 0 Å². The van der Waals surface area contributed by atoms with Crippen molar-refractivity contribution in [2.24, 2.45) is 0 Å². The van der Waals surface area contributed by atoms with Crippen molar-refractivity contribution in [1.29, 1.82) is 0 Å². The van der Waals surface area contributed by atoms with Crippen molar-refractivity contribution in [3.8, 4) is 11.3 Å². The molecule has 104 valence electrons. The summed E-state index contributed by atoms with van der Waals surface area (Å²) in [6, 6.07) is 5.50. The second kappa shape index (κ2) is 4.32. The molecule has 2 fully saturated rings. The standard InChI is InChI=1S/C15H15BrFN3/c16-9-3-6-11(12(17)7-9)13-14(18)20(10-4-5-10)15(19-13)8-1-2-8/h3,6-8,10H,1-2,4-5,18H2. The molecule has 1 heterocycles. The minimum Gasteiger partial charge on any atom is -0.383 e. The third-order valence-corrected chi connectivity index (χ3v) is 4.51. The summed E-state index contributed by atoms with van der Waals surface area (Å²) in [7, 11) is 0. The molecule has 20 heavy (non-hydrogen) atoms. The van der Waals surface area contributed by atoms with E-state index >= 15 is 0 Å². The molecule has 3 nitrogen and oxygen atoms in total. The van der Waals surface area contributed by atoms with E-state index in [1.165, 1.54) is 18.9 Å². The Kier molecular flexibility index (Phi) is 2.67. The van der Waals surface area contributed by atoms with E-state index in [1.54, 1.807) is 6.07 Å². The Labute approximate surface area is 125 Å². The van der Waals surface area contributed by atoms with E-state index in [2.05, 4.69) is 25.5 Å². The highest BCUT2D eigenvalue weighted by molar-refractivity contribution is 9.10. The van der Waals surface area contributed by atoms with Gasteiger partial charge in [0.05, 0.1) is 0 Å². The summed E-state index contributed by atoms with van der Waals surface area (Å²) in [5, 5.41) is 0. The number of rotatable bonds is 3. The largest absolute Gasteiger partial charge is 0.383 e. The van der Waals surface area contributed by atoms with Crippen molar-refractivity contribution >= 4 is 21.7 Å².